The van der Waals surface area contributed by atoms with E-state index in [1.165, 1.54) is 0 Å². The minimum absolute atomic E-state index is 0.665. The van der Waals surface area contributed by atoms with Gasteiger partial charge in [-0.2, -0.15) is 0 Å². The van der Waals surface area contributed by atoms with Crippen LogP contribution in [0.1, 0.15) is 19.8 Å². The predicted molar refractivity (Wildman–Crippen MR) is 48.9 cm³/mol. The Morgan fingerprint density at radius 1 is 1.64 bits per heavy atom. The number of hydrogen-bond donors (Lipinski definition) is 1. The van der Waals surface area contributed by atoms with E-state index < -0.39 is 0 Å². The highest BCUT2D eigenvalue weighted by atomic mass is 14.5. The van der Waals surface area contributed by atoms with E-state index in [9.17, 15) is 0 Å². The molecule has 1 aliphatic rings. The molecule has 11 heavy (non-hydrogen) atoms. The Balaban J connectivity index is 2.33. The van der Waals surface area contributed by atoms with Gasteiger partial charge in [0, 0.05) is 5.70 Å². The van der Waals surface area contributed by atoms with Crippen LogP contribution < -0.4 is 5.73 Å². The Morgan fingerprint density at radius 3 is 3.00 bits per heavy atom. The molecule has 1 rings (SSSR count). The molecule has 1 heteroatoms. The number of allylic oxidation sites excluding steroid dienone is 6. The topological polar surface area (TPSA) is 26.0 Å². The highest BCUT2D eigenvalue weighted by Gasteiger charge is 2.01. The van der Waals surface area contributed by atoms with E-state index in [0.717, 1.165) is 18.5 Å². The van der Waals surface area contributed by atoms with E-state index in [1.807, 2.05) is 6.92 Å². The van der Waals surface area contributed by atoms with Crippen LogP contribution in [0.4, 0.5) is 0 Å². The molecule has 0 aromatic carbocycles. The van der Waals surface area contributed by atoms with Gasteiger partial charge in [-0.1, -0.05) is 30.4 Å². The van der Waals surface area contributed by atoms with Crippen molar-refractivity contribution < 1.29 is 0 Å². The minimum Gasteiger partial charge on any atom is -0.403 e. The first-order valence-corrected chi connectivity index (χ1v) is 4.04. The Bertz CT molecular complexity index is 195. The maximum absolute atomic E-state index is 5.53. The lowest BCUT2D eigenvalue weighted by molar-refractivity contribution is 0.666. The van der Waals surface area contributed by atoms with Crippen molar-refractivity contribution in [3.05, 3.63) is 36.1 Å². The average Bonchev–Trinajstić information content (AvgIpc) is 2.03. The summed E-state index contributed by atoms with van der Waals surface area (Å²) in [6.45, 7) is 1.93. The van der Waals surface area contributed by atoms with Gasteiger partial charge in [0.25, 0.3) is 0 Å². The van der Waals surface area contributed by atoms with Crippen LogP contribution in [0.3, 0.4) is 0 Å². The second kappa shape index (κ2) is 4.02. The van der Waals surface area contributed by atoms with Crippen molar-refractivity contribution in [1.82, 2.24) is 0 Å². The maximum atomic E-state index is 5.53. The highest BCUT2D eigenvalue weighted by molar-refractivity contribution is 5.12. The van der Waals surface area contributed by atoms with E-state index in [1.54, 1.807) is 0 Å². The lowest BCUT2D eigenvalue weighted by Gasteiger charge is -2.09. The van der Waals surface area contributed by atoms with Gasteiger partial charge < -0.3 is 5.73 Å². The van der Waals surface area contributed by atoms with Gasteiger partial charge in [0.05, 0.1) is 0 Å². The van der Waals surface area contributed by atoms with E-state index in [0.29, 0.717) is 5.92 Å². The summed E-state index contributed by atoms with van der Waals surface area (Å²) in [6.07, 6.45) is 12.9. The van der Waals surface area contributed by atoms with Crippen LogP contribution in [0.15, 0.2) is 36.1 Å². The van der Waals surface area contributed by atoms with E-state index in [2.05, 4.69) is 30.4 Å². The molecule has 1 atom stereocenters. The van der Waals surface area contributed by atoms with Crippen molar-refractivity contribution in [2.45, 2.75) is 19.8 Å². The van der Waals surface area contributed by atoms with Crippen LogP contribution in [-0.2, 0) is 0 Å². The zero-order chi connectivity index (χ0) is 8.10. The third kappa shape index (κ3) is 3.08. The lowest BCUT2D eigenvalue weighted by Crippen LogP contribution is -1.97. The first-order chi connectivity index (χ1) is 5.29. The number of hydrogen-bond acceptors (Lipinski definition) is 1. The van der Waals surface area contributed by atoms with Crippen molar-refractivity contribution in [2.75, 3.05) is 0 Å². The minimum atomic E-state index is 0.665. The van der Waals surface area contributed by atoms with Crippen LogP contribution in [0, 0.1) is 5.92 Å². The van der Waals surface area contributed by atoms with Crippen LogP contribution in [0.5, 0.6) is 0 Å². The van der Waals surface area contributed by atoms with Gasteiger partial charge >= 0.3 is 0 Å². The molecule has 0 saturated heterocycles. The molecule has 0 aromatic rings. The molecule has 1 aliphatic carbocycles. The molecule has 0 fully saturated rings. The van der Waals surface area contributed by atoms with Crippen LogP contribution in [0.2, 0.25) is 0 Å². The summed E-state index contributed by atoms with van der Waals surface area (Å²) < 4.78 is 0. The third-order valence-corrected chi connectivity index (χ3v) is 1.81. The van der Waals surface area contributed by atoms with Crippen LogP contribution in [-0.4, -0.2) is 0 Å². The lowest BCUT2D eigenvalue weighted by atomic mass is 9.97. The van der Waals surface area contributed by atoms with E-state index >= 15 is 0 Å². The average molecular weight is 149 g/mol. The molecule has 60 valence electrons. The van der Waals surface area contributed by atoms with Gasteiger partial charge in [0.1, 0.15) is 0 Å². The Kier molecular flexibility index (Phi) is 2.96. The fourth-order valence-electron chi connectivity index (χ4n) is 1.14. The second-order valence-corrected chi connectivity index (χ2v) is 2.99. The molecule has 0 aliphatic heterocycles. The molecule has 1 unspecified atom stereocenters. The van der Waals surface area contributed by atoms with Crippen molar-refractivity contribution in [2.24, 2.45) is 11.7 Å². The van der Waals surface area contributed by atoms with Gasteiger partial charge in [-0.15, -0.1) is 0 Å². The van der Waals surface area contributed by atoms with Crippen molar-refractivity contribution in [1.29, 1.82) is 0 Å². The molecular formula is C10H15N. The van der Waals surface area contributed by atoms with Crippen molar-refractivity contribution in [3.8, 4) is 0 Å². The van der Waals surface area contributed by atoms with Gasteiger partial charge in [0.2, 0.25) is 0 Å². The molecule has 0 saturated carbocycles. The zero-order valence-corrected chi connectivity index (χ0v) is 6.96. The smallest absolute Gasteiger partial charge is 0.000854 e. The SMILES string of the molecule is C/C(N)=C/CC1C=CC=CC1. The van der Waals surface area contributed by atoms with Gasteiger partial charge in [0.15, 0.2) is 0 Å². The molecule has 0 amide bonds. The highest BCUT2D eigenvalue weighted by Crippen LogP contribution is 2.15. The fourth-order valence-corrected chi connectivity index (χ4v) is 1.14. The van der Waals surface area contributed by atoms with E-state index in [4.69, 9.17) is 5.73 Å². The predicted octanol–water partition coefficient (Wildman–Crippen LogP) is 2.37. The molecule has 0 spiro atoms. The third-order valence-electron chi connectivity index (χ3n) is 1.81. The Labute approximate surface area is 68.3 Å². The van der Waals surface area contributed by atoms with Gasteiger partial charge in [-0.3, -0.25) is 0 Å². The van der Waals surface area contributed by atoms with E-state index in [-0.39, 0.29) is 0 Å². The molecule has 0 aromatic heterocycles. The first kappa shape index (κ1) is 8.12. The second-order valence-electron chi connectivity index (χ2n) is 2.99. The number of rotatable bonds is 2. The molecule has 0 bridgehead atoms. The largest absolute Gasteiger partial charge is 0.403 e. The summed E-state index contributed by atoms with van der Waals surface area (Å²) in [5.74, 6) is 0.665. The molecule has 2 N–H and O–H groups in total. The fraction of sp³-hybridized carbons (Fsp3) is 0.400. The summed E-state index contributed by atoms with van der Waals surface area (Å²) in [6, 6.07) is 0. The molecule has 0 heterocycles. The van der Waals surface area contributed by atoms with Crippen molar-refractivity contribution in [3.63, 3.8) is 0 Å². The summed E-state index contributed by atoms with van der Waals surface area (Å²) in [5, 5.41) is 0. The normalized spacial score (nSPS) is 24.1. The Morgan fingerprint density at radius 2 is 2.45 bits per heavy atom. The molecule has 0 radical (unpaired) electrons. The van der Waals surface area contributed by atoms with Gasteiger partial charge in [-0.05, 0) is 25.7 Å². The summed E-state index contributed by atoms with van der Waals surface area (Å²) in [4.78, 5) is 0. The van der Waals surface area contributed by atoms with Crippen LogP contribution in [0.25, 0.3) is 0 Å². The summed E-state index contributed by atoms with van der Waals surface area (Å²) in [7, 11) is 0. The standard InChI is InChI=1S/C10H15N/c1-9(11)7-8-10-5-3-2-4-6-10/h2-5,7,10H,6,8,11H2,1H3/b9-7-. The first-order valence-electron chi connectivity index (χ1n) is 4.04. The van der Waals surface area contributed by atoms with Gasteiger partial charge in [-0.25, -0.2) is 0 Å². The zero-order valence-electron chi connectivity index (χ0n) is 6.96. The Hall–Kier alpha value is -0.980. The van der Waals surface area contributed by atoms with Crippen molar-refractivity contribution >= 4 is 0 Å². The van der Waals surface area contributed by atoms with Crippen LogP contribution >= 0.6 is 0 Å². The summed E-state index contributed by atoms with van der Waals surface area (Å²) >= 11 is 0. The monoisotopic (exact) mass is 149 g/mol. The quantitative estimate of drug-likeness (QED) is 0.641. The maximum Gasteiger partial charge on any atom is 0.000854 e. The molecule has 1 nitrogen and oxygen atoms in total. The molecular weight excluding hydrogens is 134 g/mol. The summed E-state index contributed by atoms with van der Waals surface area (Å²) in [5.41, 5.74) is 6.45. The number of nitrogens with two attached hydrogens (primary N) is 1.